The Morgan fingerprint density at radius 2 is 1.86 bits per heavy atom. The third-order valence-corrected chi connectivity index (χ3v) is 5.12. The van der Waals surface area contributed by atoms with Crippen molar-refractivity contribution in [3.8, 4) is 0 Å². The Hall–Kier alpha value is -0.860. The van der Waals surface area contributed by atoms with E-state index in [9.17, 15) is 0 Å². The highest BCUT2D eigenvalue weighted by Crippen LogP contribution is 2.29. The van der Waals surface area contributed by atoms with Crippen LogP contribution in [0.4, 0.5) is 0 Å². The van der Waals surface area contributed by atoms with E-state index in [-0.39, 0.29) is 6.04 Å². The molecule has 0 radical (unpaired) electrons. The first kappa shape index (κ1) is 16.5. The van der Waals surface area contributed by atoms with Crippen molar-refractivity contribution in [2.45, 2.75) is 58.5 Å². The molecule has 118 valence electrons. The van der Waals surface area contributed by atoms with Gasteiger partial charge < -0.3 is 5.73 Å². The lowest BCUT2D eigenvalue weighted by atomic mass is 9.90. The standard InChI is InChI=1S/C19H32N2/c1-4-16-9-8-13-21(14-12-16)19(15(2)3)18(20)17-10-6-5-7-11-17/h5-7,10-11,15-16,18-19H,4,8-9,12-14,20H2,1-3H3. The summed E-state index contributed by atoms with van der Waals surface area (Å²) in [6, 6.07) is 11.2. The van der Waals surface area contributed by atoms with E-state index in [1.807, 2.05) is 0 Å². The summed E-state index contributed by atoms with van der Waals surface area (Å²) in [4.78, 5) is 2.66. The fourth-order valence-electron chi connectivity index (χ4n) is 3.83. The molecule has 0 saturated carbocycles. The average molecular weight is 288 g/mol. The first-order valence-electron chi connectivity index (χ1n) is 8.68. The predicted molar refractivity (Wildman–Crippen MR) is 91.2 cm³/mol. The van der Waals surface area contributed by atoms with Crippen LogP contribution in [0.15, 0.2) is 30.3 Å². The van der Waals surface area contributed by atoms with E-state index in [1.54, 1.807) is 0 Å². The Morgan fingerprint density at radius 3 is 2.48 bits per heavy atom. The third kappa shape index (κ3) is 4.31. The minimum Gasteiger partial charge on any atom is -0.323 e. The van der Waals surface area contributed by atoms with Crippen LogP contribution < -0.4 is 5.73 Å². The molecule has 2 heteroatoms. The highest BCUT2D eigenvalue weighted by atomic mass is 15.2. The van der Waals surface area contributed by atoms with E-state index in [0.29, 0.717) is 12.0 Å². The van der Waals surface area contributed by atoms with E-state index < -0.39 is 0 Å². The maximum absolute atomic E-state index is 6.65. The number of hydrogen-bond acceptors (Lipinski definition) is 2. The number of hydrogen-bond donors (Lipinski definition) is 1. The lowest BCUT2D eigenvalue weighted by molar-refractivity contribution is 0.133. The molecule has 2 nitrogen and oxygen atoms in total. The monoisotopic (exact) mass is 288 g/mol. The van der Waals surface area contributed by atoms with Crippen molar-refractivity contribution < 1.29 is 0 Å². The maximum atomic E-state index is 6.65. The average Bonchev–Trinajstić information content (AvgIpc) is 2.73. The van der Waals surface area contributed by atoms with Crippen molar-refractivity contribution >= 4 is 0 Å². The zero-order chi connectivity index (χ0) is 15.2. The smallest absolute Gasteiger partial charge is 0.0455 e. The molecule has 1 heterocycles. The molecule has 2 rings (SSSR count). The Balaban J connectivity index is 2.11. The molecular weight excluding hydrogens is 256 g/mol. The summed E-state index contributed by atoms with van der Waals surface area (Å²) < 4.78 is 0. The SMILES string of the molecule is CCC1CCCN(C(C(C)C)C(N)c2ccccc2)CC1. The van der Waals surface area contributed by atoms with Crippen molar-refractivity contribution in [3.05, 3.63) is 35.9 Å². The highest BCUT2D eigenvalue weighted by molar-refractivity contribution is 5.20. The van der Waals surface area contributed by atoms with Crippen molar-refractivity contribution in [3.63, 3.8) is 0 Å². The van der Waals surface area contributed by atoms with E-state index in [2.05, 4.69) is 56.0 Å². The van der Waals surface area contributed by atoms with Crippen LogP contribution in [-0.4, -0.2) is 24.0 Å². The molecule has 21 heavy (non-hydrogen) atoms. The Morgan fingerprint density at radius 1 is 1.14 bits per heavy atom. The molecule has 2 N–H and O–H groups in total. The summed E-state index contributed by atoms with van der Waals surface area (Å²) >= 11 is 0. The molecule has 0 bridgehead atoms. The van der Waals surface area contributed by atoms with Gasteiger partial charge in [-0.3, -0.25) is 4.90 Å². The maximum Gasteiger partial charge on any atom is 0.0455 e. The van der Waals surface area contributed by atoms with Crippen molar-refractivity contribution in [2.75, 3.05) is 13.1 Å². The second-order valence-electron chi connectivity index (χ2n) is 6.91. The molecule has 1 saturated heterocycles. The van der Waals surface area contributed by atoms with Crippen LogP contribution in [0.5, 0.6) is 0 Å². The number of nitrogens with zero attached hydrogens (tertiary/aromatic N) is 1. The molecule has 1 fully saturated rings. The lowest BCUT2D eigenvalue weighted by Crippen LogP contribution is -2.46. The quantitative estimate of drug-likeness (QED) is 0.879. The van der Waals surface area contributed by atoms with Gasteiger partial charge in [0.15, 0.2) is 0 Å². The second-order valence-corrected chi connectivity index (χ2v) is 6.91. The normalized spacial score (nSPS) is 23.8. The van der Waals surface area contributed by atoms with Gasteiger partial charge in [0.05, 0.1) is 0 Å². The van der Waals surface area contributed by atoms with E-state index in [0.717, 1.165) is 5.92 Å². The van der Waals surface area contributed by atoms with E-state index in [1.165, 1.54) is 44.3 Å². The van der Waals surface area contributed by atoms with Gasteiger partial charge in [0, 0.05) is 12.1 Å². The Labute approximate surface area is 130 Å². The highest BCUT2D eigenvalue weighted by Gasteiger charge is 2.30. The minimum absolute atomic E-state index is 0.115. The van der Waals surface area contributed by atoms with Crippen LogP contribution in [-0.2, 0) is 0 Å². The summed E-state index contributed by atoms with van der Waals surface area (Å²) in [6.07, 6.45) is 5.37. The molecule has 1 aliphatic heterocycles. The largest absolute Gasteiger partial charge is 0.323 e. The summed E-state index contributed by atoms with van der Waals surface area (Å²) in [6.45, 7) is 9.38. The van der Waals surface area contributed by atoms with Gasteiger partial charge in [0.2, 0.25) is 0 Å². The summed E-state index contributed by atoms with van der Waals surface area (Å²) in [5.41, 5.74) is 7.92. The van der Waals surface area contributed by atoms with Crippen LogP contribution in [0.3, 0.4) is 0 Å². The molecule has 3 unspecified atom stereocenters. The van der Waals surface area contributed by atoms with Gasteiger partial charge in [-0.25, -0.2) is 0 Å². The summed E-state index contributed by atoms with van der Waals surface area (Å²) in [5.74, 6) is 1.49. The van der Waals surface area contributed by atoms with Crippen molar-refractivity contribution in [1.82, 2.24) is 4.90 Å². The van der Waals surface area contributed by atoms with Gasteiger partial charge in [-0.1, -0.05) is 57.5 Å². The summed E-state index contributed by atoms with van der Waals surface area (Å²) in [5, 5.41) is 0. The molecule has 0 amide bonds. The topological polar surface area (TPSA) is 29.3 Å². The molecule has 3 atom stereocenters. The van der Waals surface area contributed by atoms with Gasteiger partial charge in [0.1, 0.15) is 0 Å². The fourth-order valence-corrected chi connectivity index (χ4v) is 3.83. The first-order valence-corrected chi connectivity index (χ1v) is 8.68. The number of rotatable bonds is 5. The lowest BCUT2D eigenvalue weighted by Gasteiger charge is -2.38. The second kappa shape index (κ2) is 7.95. The predicted octanol–water partition coefficient (Wildman–Crippen LogP) is 4.22. The Kier molecular flexibility index (Phi) is 6.25. The van der Waals surface area contributed by atoms with Gasteiger partial charge in [0.25, 0.3) is 0 Å². The fraction of sp³-hybridized carbons (Fsp3) is 0.684. The van der Waals surface area contributed by atoms with Crippen LogP contribution >= 0.6 is 0 Å². The molecular formula is C19H32N2. The molecule has 1 aromatic carbocycles. The third-order valence-electron chi connectivity index (χ3n) is 5.12. The molecule has 1 aromatic rings. The van der Waals surface area contributed by atoms with Gasteiger partial charge in [-0.2, -0.15) is 0 Å². The summed E-state index contributed by atoms with van der Waals surface area (Å²) in [7, 11) is 0. The van der Waals surface area contributed by atoms with Gasteiger partial charge >= 0.3 is 0 Å². The number of nitrogens with two attached hydrogens (primary N) is 1. The molecule has 0 spiro atoms. The number of likely N-dealkylation sites (tertiary alicyclic amines) is 1. The number of benzene rings is 1. The first-order chi connectivity index (χ1) is 10.1. The molecule has 0 aliphatic carbocycles. The van der Waals surface area contributed by atoms with Crippen LogP contribution in [0, 0.1) is 11.8 Å². The van der Waals surface area contributed by atoms with Gasteiger partial charge in [-0.05, 0) is 49.8 Å². The van der Waals surface area contributed by atoms with Crippen LogP contribution in [0.2, 0.25) is 0 Å². The Bertz CT molecular complexity index is 401. The zero-order valence-electron chi connectivity index (χ0n) is 14.0. The molecule has 1 aliphatic rings. The van der Waals surface area contributed by atoms with Crippen LogP contribution in [0.25, 0.3) is 0 Å². The van der Waals surface area contributed by atoms with Gasteiger partial charge in [-0.15, -0.1) is 0 Å². The minimum atomic E-state index is 0.115. The molecule has 0 aromatic heterocycles. The van der Waals surface area contributed by atoms with Crippen LogP contribution in [0.1, 0.15) is 58.1 Å². The van der Waals surface area contributed by atoms with Crippen molar-refractivity contribution in [2.24, 2.45) is 17.6 Å². The van der Waals surface area contributed by atoms with Crippen molar-refractivity contribution in [1.29, 1.82) is 0 Å². The van der Waals surface area contributed by atoms with E-state index >= 15 is 0 Å². The zero-order valence-corrected chi connectivity index (χ0v) is 14.0. The van der Waals surface area contributed by atoms with E-state index in [4.69, 9.17) is 5.73 Å².